The van der Waals surface area contributed by atoms with E-state index in [1.165, 1.54) is 12.0 Å². The maximum atomic E-state index is 9.02. The van der Waals surface area contributed by atoms with Gasteiger partial charge in [0.15, 0.2) is 0 Å². The molecule has 0 amide bonds. The van der Waals surface area contributed by atoms with Gasteiger partial charge in [-0.2, -0.15) is 0 Å². The maximum Gasteiger partial charge on any atom is 0.0431 e. The van der Waals surface area contributed by atoms with Crippen LogP contribution in [-0.4, -0.2) is 36.8 Å². The van der Waals surface area contributed by atoms with Crippen LogP contribution < -0.4 is 0 Å². The van der Waals surface area contributed by atoms with E-state index in [2.05, 4.69) is 24.1 Å². The second-order valence-corrected chi connectivity index (χ2v) is 5.77. The Hall–Kier alpha value is -0.570. The van der Waals surface area contributed by atoms with Crippen LogP contribution in [0, 0.1) is 5.92 Å². The fourth-order valence-corrected chi connectivity index (χ4v) is 3.13. The molecule has 2 atom stereocenters. The van der Waals surface area contributed by atoms with Crippen molar-refractivity contribution in [2.24, 2.45) is 5.92 Å². The van der Waals surface area contributed by atoms with Crippen LogP contribution >= 0.6 is 11.6 Å². The normalized spacial score (nSPS) is 25.3. The number of benzene rings is 1. The predicted molar refractivity (Wildman–Crippen MR) is 76.1 cm³/mol. The fraction of sp³-hybridized carbons (Fsp3) is 0.600. The monoisotopic (exact) mass is 267 g/mol. The Morgan fingerprint density at radius 3 is 2.72 bits per heavy atom. The number of nitrogens with zero attached hydrogens (tertiary/aromatic N) is 1. The molecule has 1 aromatic carbocycles. The van der Waals surface area contributed by atoms with Gasteiger partial charge in [-0.15, -0.1) is 0 Å². The molecule has 18 heavy (non-hydrogen) atoms. The van der Waals surface area contributed by atoms with E-state index in [1.807, 2.05) is 12.1 Å². The van der Waals surface area contributed by atoms with Crippen LogP contribution in [0.15, 0.2) is 24.3 Å². The van der Waals surface area contributed by atoms with Crippen molar-refractivity contribution in [1.29, 1.82) is 0 Å². The molecule has 0 spiro atoms. The number of piperidine rings is 1. The molecule has 1 saturated heterocycles. The molecular weight excluding hydrogens is 246 g/mol. The summed E-state index contributed by atoms with van der Waals surface area (Å²) in [5.41, 5.74) is 1.40. The predicted octanol–water partition coefficient (Wildman–Crippen LogP) is 3.15. The molecule has 1 aromatic rings. The first-order valence-electron chi connectivity index (χ1n) is 6.75. The molecule has 0 bridgehead atoms. The number of hydrogen-bond donors (Lipinski definition) is 1. The van der Waals surface area contributed by atoms with Gasteiger partial charge in [0.25, 0.3) is 0 Å². The van der Waals surface area contributed by atoms with E-state index < -0.39 is 0 Å². The molecule has 0 aliphatic carbocycles. The highest BCUT2D eigenvalue weighted by atomic mass is 35.5. The Labute approximate surface area is 115 Å². The standard InChI is InChI=1S/C15H22ClNO/c1-17-9-8-15(13(11-17)3-2-10-18)12-4-6-14(16)7-5-12/h4-7,13,15,18H,2-3,8-11H2,1H3/t13-,15+/m0/s1. The molecule has 3 heteroatoms. The summed E-state index contributed by atoms with van der Waals surface area (Å²) in [6, 6.07) is 8.28. The van der Waals surface area contributed by atoms with Gasteiger partial charge in [-0.25, -0.2) is 0 Å². The number of hydrogen-bond acceptors (Lipinski definition) is 2. The molecule has 1 aliphatic heterocycles. The average molecular weight is 268 g/mol. The molecule has 2 nitrogen and oxygen atoms in total. The summed E-state index contributed by atoms with van der Waals surface area (Å²) in [5, 5.41) is 9.83. The maximum absolute atomic E-state index is 9.02. The summed E-state index contributed by atoms with van der Waals surface area (Å²) in [4.78, 5) is 2.40. The molecule has 1 N–H and O–H groups in total. The SMILES string of the molecule is CN1CC[C@H](c2ccc(Cl)cc2)[C@@H](CCCO)C1. The van der Waals surface area contributed by atoms with Crippen LogP contribution in [0.5, 0.6) is 0 Å². The molecule has 0 saturated carbocycles. The minimum atomic E-state index is 0.299. The lowest BCUT2D eigenvalue weighted by Crippen LogP contribution is -2.37. The summed E-state index contributed by atoms with van der Waals surface area (Å²) >= 11 is 5.95. The van der Waals surface area contributed by atoms with Gasteiger partial charge in [0, 0.05) is 18.2 Å². The van der Waals surface area contributed by atoms with Crippen molar-refractivity contribution < 1.29 is 5.11 Å². The van der Waals surface area contributed by atoms with Crippen molar-refractivity contribution in [3.05, 3.63) is 34.9 Å². The smallest absolute Gasteiger partial charge is 0.0431 e. The minimum absolute atomic E-state index is 0.299. The lowest BCUT2D eigenvalue weighted by molar-refractivity contribution is 0.164. The zero-order chi connectivity index (χ0) is 13.0. The van der Waals surface area contributed by atoms with E-state index >= 15 is 0 Å². The molecule has 100 valence electrons. The molecule has 0 unspecified atom stereocenters. The van der Waals surface area contributed by atoms with Crippen LogP contribution in [-0.2, 0) is 0 Å². The minimum Gasteiger partial charge on any atom is -0.396 e. The van der Waals surface area contributed by atoms with E-state index in [-0.39, 0.29) is 0 Å². The zero-order valence-electron chi connectivity index (χ0n) is 11.0. The van der Waals surface area contributed by atoms with Crippen molar-refractivity contribution in [2.75, 3.05) is 26.7 Å². The fourth-order valence-electron chi connectivity index (χ4n) is 3.01. The highest BCUT2D eigenvalue weighted by molar-refractivity contribution is 6.30. The molecule has 0 aromatic heterocycles. The summed E-state index contributed by atoms with van der Waals surface area (Å²) < 4.78 is 0. The summed E-state index contributed by atoms with van der Waals surface area (Å²) in [7, 11) is 2.18. The average Bonchev–Trinajstić information content (AvgIpc) is 2.38. The van der Waals surface area contributed by atoms with Gasteiger partial charge < -0.3 is 10.0 Å². The highest BCUT2D eigenvalue weighted by Crippen LogP contribution is 2.35. The molecule has 1 fully saturated rings. The number of halogens is 1. The van der Waals surface area contributed by atoms with Crippen LogP contribution in [0.2, 0.25) is 5.02 Å². The van der Waals surface area contributed by atoms with Gasteiger partial charge in [-0.3, -0.25) is 0 Å². The Bertz CT molecular complexity index is 365. The van der Waals surface area contributed by atoms with E-state index in [0.29, 0.717) is 18.4 Å². The van der Waals surface area contributed by atoms with Gasteiger partial charge >= 0.3 is 0 Å². The number of aliphatic hydroxyl groups excluding tert-OH is 1. The topological polar surface area (TPSA) is 23.5 Å². The second-order valence-electron chi connectivity index (χ2n) is 5.33. The zero-order valence-corrected chi connectivity index (χ0v) is 11.7. The van der Waals surface area contributed by atoms with E-state index in [9.17, 15) is 0 Å². The van der Waals surface area contributed by atoms with Crippen molar-refractivity contribution in [1.82, 2.24) is 4.90 Å². The van der Waals surface area contributed by atoms with E-state index in [4.69, 9.17) is 16.7 Å². The molecule has 1 heterocycles. The Balaban J connectivity index is 2.09. The third-order valence-corrected chi connectivity index (χ3v) is 4.22. The molecule has 0 radical (unpaired) electrons. The van der Waals surface area contributed by atoms with E-state index in [0.717, 1.165) is 31.0 Å². The summed E-state index contributed by atoms with van der Waals surface area (Å²) in [6.07, 6.45) is 3.21. The molecular formula is C15H22ClNO. The Kier molecular flexibility index (Phi) is 5.04. The Morgan fingerprint density at radius 1 is 1.33 bits per heavy atom. The van der Waals surface area contributed by atoms with Gasteiger partial charge in [0.1, 0.15) is 0 Å². The van der Waals surface area contributed by atoms with Crippen molar-refractivity contribution in [3.63, 3.8) is 0 Å². The number of aliphatic hydroxyl groups is 1. The first kappa shape index (κ1) is 13.9. The number of rotatable bonds is 4. The van der Waals surface area contributed by atoms with Crippen molar-refractivity contribution in [2.45, 2.75) is 25.2 Å². The van der Waals surface area contributed by atoms with Crippen molar-refractivity contribution in [3.8, 4) is 0 Å². The van der Waals surface area contributed by atoms with Crippen LogP contribution in [0.1, 0.15) is 30.7 Å². The van der Waals surface area contributed by atoms with Gasteiger partial charge in [0.2, 0.25) is 0 Å². The Morgan fingerprint density at radius 2 is 2.06 bits per heavy atom. The highest BCUT2D eigenvalue weighted by Gasteiger charge is 2.28. The second kappa shape index (κ2) is 6.55. The van der Waals surface area contributed by atoms with Crippen molar-refractivity contribution >= 4 is 11.6 Å². The van der Waals surface area contributed by atoms with Gasteiger partial charge in [0.05, 0.1) is 0 Å². The lowest BCUT2D eigenvalue weighted by Gasteiger charge is -2.37. The third-order valence-electron chi connectivity index (χ3n) is 3.97. The van der Waals surface area contributed by atoms with Crippen LogP contribution in [0.3, 0.4) is 0 Å². The van der Waals surface area contributed by atoms with Gasteiger partial charge in [-0.05, 0) is 62.4 Å². The quantitative estimate of drug-likeness (QED) is 0.906. The lowest BCUT2D eigenvalue weighted by atomic mass is 9.78. The first-order valence-corrected chi connectivity index (χ1v) is 7.13. The van der Waals surface area contributed by atoms with E-state index in [1.54, 1.807) is 0 Å². The van der Waals surface area contributed by atoms with Crippen LogP contribution in [0.4, 0.5) is 0 Å². The third kappa shape index (κ3) is 3.47. The number of likely N-dealkylation sites (tertiary alicyclic amines) is 1. The van der Waals surface area contributed by atoms with Gasteiger partial charge in [-0.1, -0.05) is 23.7 Å². The summed E-state index contributed by atoms with van der Waals surface area (Å²) in [5.74, 6) is 1.27. The summed E-state index contributed by atoms with van der Waals surface area (Å²) in [6.45, 7) is 2.59. The van der Waals surface area contributed by atoms with Crippen LogP contribution in [0.25, 0.3) is 0 Å². The largest absolute Gasteiger partial charge is 0.396 e. The molecule has 1 aliphatic rings. The molecule has 2 rings (SSSR count). The first-order chi connectivity index (χ1) is 8.70.